The summed E-state index contributed by atoms with van der Waals surface area (Å²) < 4.78 is 20.9. The molecule has 0 unspecified atom stereocenters. The summed E-state index contributed by atoms with van der Waals surface area (Å²) in [5.41, 5.74) is 3.58. The predicted molar refractivity (Wildman–Crippen MR) is 130 cm³/mol. The van der Waals surface area contributed by atoms with E-state index in [-0.39, 0.29) is 17.5 Å². The summed E-state index contributed by atoms with van der Waals surface area (Å²) in [5, 5.41) is 13.3. The van der Waals surface area contributed by atoms with E-state index in [9.17, 15) is 9.18 Å². The maximum atomic E-state index is 13.3. The standard InChI is InChI=1S/C26H29FN6O2/c1-2-18-7-10-24-20(12-18)13-21(26(34)28-24)15-32(16-23-4-3-11-35-23)17-25-29-30-31-33(25)14-19-5-8-22(27)9-6-19/h5-10,12-13,23H,2-4,11,14-17H2,1H3,(H,28,34)/t23-/m1/s1. The van der Waals surface area contributed by atoms with Crippen LogP contribution in [0.4, 0.5) is 4.39 Å². The number of fused-ring (bicyclic) bond motifs is 1. The Morgan fingerprint density at radius 1 is 1.14 bits per heavy atom. The normalized spacial score (nSPS) is 15.9. The average molecular weight is 477 g/mol. The molecule has 1 fully saturated rings. The van der Waals surface area contributed by atoms with Crippen LogP contribution in [0.2, 0.25) is 0 Å². The summed E-state index contributed by atoms with van der Waals surface area (Å²) in [6, 6.07) is 14.4. The Morgan fingerprint density at radius 3 is 2.74 bits per heavy atom. The van der Waals surface area contributed by atoms with Crippen LogP contribution in [0.3, 0.4) is 0 Å². The van der Waals surface area contributed by atoms with Crippen molar-refractivity contribution >= 4 is 10.9 Å². The summed E-state index contributed by atoms with van der Waals surface area (Å²) >= 11 is 0. The number of nitrogens with zero attached hydrogens (tertiary/aromatic N) is 5. The molecule has 2 aromatic heterocycles. The summed E-state index contributed by atoms with van der Waals surface area (Å²) in [4.78, 5) is 18.1. The molecule has 5 rings (SSSR count). The molecule has 0 bridgehead atoms. The molecular weight excluding hydrogens is 447 g/mol. The molecule has 1 saturated heterocycles. The summed E-state index contributed by atoms with van der Waals surface area (Å²) in [7, 11) is 0. The van der Waals surface area contributed by atoms with E-state index < -0.39 is 0 Å². The molecule has 35 heavy (non-hydrogen) atoms. The molecular formula is C26H29FN6O2. The first-order valence-corrected chi connectivity index (χ1v) is 12.1. The zero-order valence-electron chi connectivity index (χ0n) is 19.8. The number of benzene rings is 2. The van der Waals surface area contributed by atoms with Gasteiger partial charge in [-0.3, -0.25) is 9.69 Å². The highest BCUT2D eigenvalue weighted by atomic mass is 19.1. The third-order valence-electron chi connectivity index (χ3n) is 6.49. The number of pyridine rings is 1. The van der Waals surface area contributed by atoms with Gasteiger partial charge in [-0.25, -0.2) is 9.07 Å². The van der Waals surface area contributed by atoms with Gasteiger partial charge in [0.25, 0.3) is 5.56 Å². The first-order chi connectivity index (χ1) is 17.1. The van der Waals surface area contributed by atoms with Gasteiger partial charge in [-0.1, -0.05) is 25.1 Å². The quantitative estimate of drug-likeness (QED) is 0.398. The number of aryl methyl sites for hydroxylation is 1. The van der Waals surface area contributed by atoms with Crippen LogP contribution in [0.5, 0.6) is 0 Å². The molecule has 0 aliphatic carbocycles. The molecule has 1 aliphatic heterocycles. The van der Waals surface area contributed by atoms with Gasteiger partial charge < -0.3 is 9.72 Å². The van der Waals surface area contributed by atoms with Crippen molar-refractivity contribution in [3.8, 4) is 0 Å². The smallest absolute Gasteiger partial charge is 0.252 e. The number of rotatable bonds is 9. The molecule has 0 radical (unpaired) electrons. The Balaban J connectivity index is 1.40. The van der Waals surface area contributed by atoms with Crippen LogP contribution >= 0.6 is 0 Å². The minimum Gasteiger partial charge on any atom is -0.377 e. The van der Waals surface area contributed by atoms with Crippen LogP contribution in [0.15, 0.2) is 53.3 Å². The number of ether oxygens (including phenoxy) is 1. The van der Waals surface area contributed by atoms with Crippen molar-refractivity contribution in [1.82, 2.24) is 30.1 Å². The van der Waals surface area contributed by atoms with Crippen molar-refractivity contribution in [2.45, 2.75) is 51.9 Å². The fourth-order valence-corrected chi connectivity index (χ4v) is 4.56. The molecule has 8 nitrogen and oxygen atoms in total. The predicted octanol–water partition coefficient (Wildman–Crippen LogP) is 3.45. The number of halogens is 1. The number of hydrogen-bond donors (Lipinski definition) is 1. The summed E-state index contributed by atoms with van der Waals surface area (Å²) in [6.07, 6.45) is 3.08. The molecule has 4 aromatic rings. The van der Waals surface area contributed by atoms with E-state index >= 15 is 0 Å². The highest BCUT2D eigenvalue weighted by Gasteiger charge is 2.22. The van der Waals surface area contributed by atoms with Crippen LogP contribution in [-0.2, 0) is 30.8 Å². The van der Waals surface area contributed by atoms with Gasteiger partial charge in [0.05, 0.1) is 19.2 Å². The lowest BCUT2D eigenvalue weighted by Gasteiger charge is -2.24. The number of aromatic nitrogens is 5. The monoisotopic (exact) mass is 476 g/mol. The van der Waals surface area contributed by atoms with Gasteiger partial charge in [0.1, 0.15) is 5.82 Å². The van der Waals surface area contributed by atoms with Gasteiger partial charge in [0.2, 0.25) is 0 Å². The molecule has 1 N–H and O–H groups in total. The molecule has 9 heteroatoms. The second kappa shape index (κ2) is 10.5. The highest BCUT2D eigenvalue weighted by Crippen LogP contribution is 2.19. The van der Waals surface area contributed by atoms with E-state index in [1.54, 1.807) is 16.8 Å². The minimum atomic E-state index is -0.278. The molecule has 3 heterocycles. The second-order valence-corrected chi connectivity index (χ2v) is 9.08. The van der Waals surface area contributed by atoms with Gasteiger partial charge in [0, 0.05) is 30.8 Å². The Bertz CT molecular complexity index is 1340. The largest absolute Gasteiger partial charge is 0.377 e. The fraction of sp³-hybridized carbons (Fsp3) is 0.385. The van der Waals surface area contributed by atoms with Crippen LogP contribution in [-0.4, -0.2) is 49.3 Å². The van der Waals surface area contributed by atoms with E-state index in [0.717, 1.165) is 42.3 Å². The van der Waals surface area contributed by atoms with Gasteiger partial charge in [-0.15, -0.1) is 5.10 Å². The van der Waals surface area contributed by atoms with Gasteiger partial charge >= 0.3 is 0 Å². The first kappa shape index (κ1) is 23.3. The Labute approximate surface area is 202 Å². The maximum absolute atomic E-state index is 13.3. The zero-order valence-corrected chi connectivity index (χ0v) is 19.8. The molecule has 2 aromatic carbocycles. The molecule has 0 saturated carbocycles. The van der Waals surface area contributed by atoms with E-state index in [0.29, 0.717) is 37.6 Å². The number of aromatic amines is 1. The number of tetrazole rings is 1. The van der Waals surface area contributed by atoms with Gasteiger partial charge in [-0.2, -0.15) is 0 Å². The van der Waals surface area contributed by atoms with Gasteiger partial charge in [-0.05, 0) is 76.5 Å². The van der Waals surface area contributed by atoms with Crippen molar-refractivity contribution in [2.75, 3.05) is 13.2 Å². The van der Waals surface area contributed by atoms with Crippen LogP contribution in [0, 0.1) is 5.82 Å². The third-order valence-corrected chi connectivity index (χ3v) is 6.49. The molecule has 1 aliphatic rings. The van der Waals surface area contributed by atoms with E-state index in [1.165, 1.54) is 17.7 Å². The van der Waals surface area contributed by atoms with E-state index in [2.05, 4.69) is 38.4 Å². The lowest BCUT2D eigenvalue weighted by Crippen LogP contribution is -2.34. The zero-order chi connectivity index (χ0) is 24.2. The van der Waals surface area contributed by atoms with Crippen molar-refractivity contribution in [1.29, 1.82) is 0 Å². The lowest BCUT2D eigenvalue weighted by molar-refractivity contribution is 0.0663. The maximum Gasteiger partial charge on any atom is 0.252 e. The summed E-state index contributed by atoms with van der Waals surface area (Å²) in [5.74, 6) is 0.401. The number of H-pyrrole nitrogens is 1. The third kappa shape index (κ3) is 5.63. The SMILES string of the molecule is CCc1ccc2[nH]c(=O)c(CN(Cc3nnnn3Cc3ccc(F)cc3)C[C@H]3CCCO3)cc2c1. The van der Waals surface area contributed by atoms with Crippen LogP contribution in [0.1, 0.15) is 42.3 Å². The van der Waals surface area contributed by atoms with Crippen molar-refractivity contribution in [3.63, 3.8) is 0 Å². The summed E-state index contributed by atoms with van der Waals surface area (Å²) in [6.45, 7) is 4.90. The van der Waals surface area contributed by atoms with Crippen molar-refractivity contribution in [2.24, 2.45) is 0 Å². The molecule has 182 valence electrons. The van der Waals surface area contributed by atoms with E-state index in [4.69, 9.17) is 4.74 Å². The van der Waals surface area contributed by atoms with Crippen molar-refractivity contribution < 1.29 is 9.13 Å². The van der Waals surface area contributed by atoms with Crippen molar-refractivity contribution in [3.05, 3.63) is 87.2 Å². The second-order valence-electron chi connectivity index (χ2n) is 9.08. The Kier molecular flexibility index (Phi) is 6.96. The molecule has 0 amide bonds. The van der Waals surface area contributed by atoms with E-state index in [1.807, 2.05) is 18.2 Å². The van der Waals surface area contributed by atoms with Gasteiger partial charge in [0.15, 0.2) is 5.82 Å². The minimum absolute atomic E-state index is 0.0926. The number of nitrogens with one attached hydrogen (secondary N) is 1. The average Bonchev–Trinajstić information content (AvgIpc) is 3.53. The van der Waals surface area contributed by atoms with Crippen LogP contribution < -0.4 is 5.56 Å². The topological polar surface area (TPSA) is 88.9 Å². The van der Waals surface area contributed by atoms with Crippen LogP contribution in [0.25, 0.3) is 10.9 Å². The lowest BCUT2D eigenvalue weighted by atomic mass is 10.1. The Morgan fingerprint density at radius 2 is 1.97 bits per heavy atom. The number of hydrogen-bond acceptors (Lipinski definition) is 6. The molecule has 1 atom stereocenters. The fourth-order valence-electron chi connectivity index (χ4n) is 4.56. The first-order valence-electron chi connectivity index (χ1n) is 12.1. The highest BCUT2D eigenvalue weighted by molar-refractivity contribution is 5.79. The Hall–Kier alpha value is -3.43. The molecule has 0 spiro atoms.